The molecule has 0 unspecified atom stereocenters. The summed E-state index contributed by atoms with van der Waals surface area (Å²) in [7, 11) is 0. The van der Waals surface area contributed by atoms with Crippen LogP contribution in [0.1, 0.15) is 44.4 Å². The zero-order chi connectivity index (χ0) is 37.1. The number of rotatable bonds is 6. The van der Waals surface area contributed by atoms with E-state index < -0.39 is 0 Å². The lowest BCUT2D eigenvalue weighted by molar-refractivity contribution is 0.661. The first-order valence-corrected chi connectivity index (χ1v) is 17.7. The number of hydrogen-bond acceptors (Lipinski definition) is 4. The number of nitrogens with zero attached hydrogens (tertiary/aromatic N) is 2. The molecule has 5 heteroatoms. The quantitative estimate of drug-likeness (QED) is 0.121. The van der Waals surface area contributed by atoms with Gasteiger partial charge in [-0.2, -0.15) is 5.26 Å². The minimum atomic E-state index is -0.0235. The van der Waals surface area contributed by atoms with E-state index in [1.807, 2.05) is 62.4 Å². The third kappa shape index (κ3) is 7.68. The maximum absolute atomic E-state index is 8.75. The van der Waals surface area contributed by atoms with Crippen LogP contribution in [0.25, 0.3) is 38.6 Å². The molecule has 1 aliphatic rings. The van der Waals surface area contributed by atoms with E-state index in [-0.39, 0.29) is 5.41 Å². The van der Waals surface area contributed by atoms with Gasteiger partial charge in [-0.05, 0) is 89.0 Å². The summed E-state index contributed by atoms with van der Waals surface area (Å²) < 4.78 is 2.38. The number of para-hydroxylation sites is 2. The van der Waals surface area contributed by atoms with E-state index in [0.29, 0.717) is 12.2 Å². The summed E-state index contributed by atoms with van der Waals surface area (Å²) in [5, 5.41) is 17.8. The Balaban J connectivity index is 0.000000208. The van der Waals surface area contributed by atoms with Crippen molar-refractivity contribution in [3.8, 4) is 22.9 Å². The first-order valence-electron chi connectivity index (χ1n) is 17.7. The second-order valence-corrected chi connectivity index (χ2v) is 12.5. The highest BCUT2D eigenvalue weighted by molar-refractivity contribution is 6.11. The van der Waals surface area contributed by atoms with Crippen LogP contribution in [0.5, 0.6) is 0 Å². The van der Waals surface area contributed by atoms with Gasteiger partial charge in [-0.25, -0.2) is 0 Å². The van der Waals surface area contributed by atoms with Crippen molar-refractivity contribution in [2.75, 3.05) is 17.3 Å². The number of hydrogen-bond donors (Lipinski definition) is 3. The molecule has 0 aliphatic heterocycles. The Morgan fingerprint density at radius 3 is 2.04 bits per heavy atom. The van der Waals surface area contributed by atoms with Crippen LogP contribution >= 0.6 is 0 Å². The summed E-state index contributed by atoms with van der Waals surface area (Å²) >= 11 is 0. The number of anilines is 3. The molecule has 0 atom stereocenters. The maximum Gasteiger partial charge on any atom is 0.0992 e. The second-order valence-electron chi connectivity index (χ2n) is 12.5. The van der Waals surface area contributed by atoms with Gasteiger partial charge in [0.05, 0.1) is 29.3 Å². The summed E-state index contributed by atoms with van der Waals surface area (Å²) in [6, 6.07) is 50.2. The summed E-state index contributed by atoms with van der Waals surface area (Å²) in [4.78, 5) is 0. The molecule has 5 nitrogen and oxygen atoms in total. The highest BCUT2D eigenvalue weighted by Crippen LogP contribution is 2.50. The first kappa shape index (κ1) is 36.9. The Hall–Kier alpha value is -6.35. The average Bonchev–Trinajstić information content (AvgIpc) is 3.64. The lowest BCUT2D eigenvalue weighted by Crippen LogP contribution is -2.15. The third-order valence-electron chi connectivity index (χ3n) is 9.01. The summed E-state index contributed by atoms with van der Waals surface area (Å²) in [5.41, 5.74) is 18.5. The zero-order valence-electron chi connectivity index (χ0n) is 30.5. The smallest absolute Gasteiger partial charge is 0.0992 e. The molecule has 6 aromatic carbocycles. The van der Waals surface area contributed by atoms with E-state index >= 15 is 0 Å². The molecule has 0 radical (unpaired) electrons. The van der Waals surface area contributed by atoms with Gasteiger partial charge in [-0.15, -0.1) is 0 Å². The number of allylic oxidation sites excluding steroid dienone is 2. The standard InChI is InChI=1S/C28H25N3.C13H10N2.C4H6.C2H6/c1-28(2)24-12-5-3-10-20(24)22-15-23-21-11-4-6-13-26(21)31(27(23)16-25(22)28)19-9-7-8-18(14-19)30-17-29;14-10-11-5-4-8-13(9-11)15-12-6-2-1-3-7-12;1-3-4-2;1-2/h3-16,30H,17,29H2,1-2H3;1-9,15H;3-4H,1-2H2;1-2H3. The molecule has 52 heavy (non-hydrogen) atoms. The van der Waals surface area contributed by atoms with Crippen molar-refractivity contribution in [3.05, 3.63) is 182 Å². The highest BCUT2D eigenvalue weighted by Gasteiger charge is 2.36. The first-order chi connectivity index (χ1) is 25.4. The molecule has 8 rings (SSSR count). The number of benzene rings is 6. The van der Waals surface area contributed by atoms with Crippen LogP contribution < -0.4 is 16.4 Å². The monoisotopic (exact) mass is 681 g/mol. The molecule has 7 aromatic rings. The molecule has 1 aromatic heterocycles. The normalized spacial score (nSPS) is 11.5. The van der Waals surface area contributed by atoms with Crippen molar-refractivity contribution in [1.82, 2.24) is 4.57 Å². The molecule has 260 valence electrons. The molecule has 1 heterocycles. The van der Waals surface area contributed by atoms with E-state index in [0.717, 1.165) is 22.7 Å². The average molecular weight is 682 g/mol. The number of fused-ring (bicyclic) bond motifs is 6. The number of aromatic nitrogens is 1. The summed E-state index contributed by atoms with van der Waals surface area (Å²) in [6.45, 7) is 15.8. The van der Waals surface area contributed by atoms with Crippen LogP contribution in [0, 0.1) is 11.3 Å². The van der Waals surface area contributed by atoms with Gasteiger partial charge >= 0.3 is 0 Å². The lowest BCUT2D eigenvalue weighted by atomic mass is 9.82. The van der Waals surface area contributed by atoms with Gasteiger partial charge in [-0.1, -0.05) is 126 Å². The Morgan fingerprint density at radius 1 is 0.654 bits per heavy atom. The zero-order valence-corrected chi connectivity index (χ0v) is 30.5. The molecule has 0 bridgehead atoms. The Bertz CT molecular complexity index is 2330. The second kappa shape index (κ2) is 17.0. The fraction of sp³-hybridized carbons (Fsp3) is 0.128. The molecule has 0 spiro atoms. The molecule has 0 saturated heterocycles. The number of nitriles is 1. The molecular weight excluding hydrogens is 635 g/mol. The van der Waals surface area contributed by atoms with Crippen LogP contribution in [-0.4, -0.2) is 11.2 Å². The van der Waals surface area contributed by atoms with Gasteiger partial charge in [0.25, 0.3) is 0 Å². The van der Waals surface area contributed by atoms with E-state index in [9.17, 15) is 0 Å². The van der Waals surface area contributed by atoms with E-state index in [2.05, 4.69) is 133 Å². The van der Waals surface area contributed by atoms with E-state index in [1.165, 1.54) is 44.1 Å². The Kier molecular flexibility index (Phi) is 12.1. The maximum atomic E-state index is 8.75. The van der Waals surface area contributed by atoms with Crippen molar-refractivity contribution in [1.29, 1.82) is 5.26 Å². The Morgan fingerprint density at radius 2 is 1.31 bits per heavy atom. The fourth-order valence-electron chi connectivity index (χ4n) is 6.67. The van der Waals surface area contributed by atoms with Crippen LogP contribution in [0.4, 0.5) is 17.1 Å². The number of nitrogens with one attached hydrogen (secondary N) is 2. The van der Waals surface area contributed by atoms with E-state index in [1.54, 1.807) is 18.2 Å². The van der Waals surface area contributed by atoms with Crippen molar-refractivity contribution in [3.63, 3.8) is 0 Å². The van der Waals surface area contributed by atoms with Gasteiger partial charge in [0, 0.05) is 38.9 Å². The lowest BCUT2D eigenvalue weighted by Gasteiger charge is -2.21. The molecule has 0 amide bonds. The predicted molar refractivity (Wildman–Crippen MR) is 224 cm³/mol. The third-order valence-corrected chi connectivity index (χ3v) is 9.01. The molecule has 4 N–H and O–H groups in total. The molecule has 0 fully saturated rings. The van der Waals surface area contributed by atoms with Crippen molar-refractivity contribution < 1.29 is 0 Å². The minimum absolute atomic E-state index is 0.0235. The fourth-order valence-corrected chi connectivity index (χ4v) is 6.67. The van der Waals surface area contributed by atoms with Crippen molar-refractivity contribution in [2.45, 2.75) is 33.1 Å². The van der Waals surface area contributed by atoms with E-state index in [4.69, 9.17) is 11.0 Å². The van der Waals surface area contributed by atoms with Gasteiger partial charge < -0.3 is 20.9 Å². The highest BCUT2D eigenvalue weighted by atomic mass is 15.0. The number of nitrogens with two attached hydrogens (primary N) is 1. The molecular formula is C47H47N5. The summed E-state index contributed by atoms with van der Waals surface area (Å²) in [6.07, 6.45) is 3.28. The van der Waals surface area contributed by atoms with Crippen LogP contribution in [-0.2, 0) is 5.41 Å². The minimum Gasteiger partial charge on any atom is -0.373 e. The topological polar surface area (TPSA) is 78.8 Å². The van der Waals surface area contributed by atoms with Crippen LogP contribution in [0.2, 0.25) is 0 Å². The van der Waals surface area contributed by atoms with Gasteiger partial charge in [0.2, 0.25) is 0 Å². The van der Waals surface area contributed by atoms with Crippen molar-refractivity contribution in [2.24, 2.45) is 5.73 Å². The van der Waals surface area contributed by atoms with Gasteiger partial charge in [0.1, 0.15) is 0 Å². The largest absolute Gasteiger partial charge is 0.373 e. The van der Waals surface area contributed by atoms with Crippen LogP contribution in [0.15, 0.2) is 165 Å². The summed E-state index contributed by atoms with van der Waals surface area (Å²) in [5.74, 6) is 0. The van der Waals surface area contributed by atoms with Crippen LogP contribution in [0.3, 0.4) is 0 Å². The SMILES string of the molecule is C=CC=C.CC.CC1(C)c2ccccc2-c2cc3c4ccccc4n(-c4cccc(NCN)c4)c3cc21.N#Cc1cccc(Nc2ccccc2)c1. The predicted octanol–water partition coefficient (Wildman–Crippen LogP) is 12.1. The van der Waals surface area contributed by atoms with Gasteiger partial charge in [0.15, 0.2) is 0 Å². The van der Waals surface area contributed by atoms with Gasteiger partial charge in [-0.3, -0.25) is 0 Å². The molecule has 1 aliphatic carbocycles. The van der Waals surface area contributed by atoms with Crippen molar-refractivity contribution >= 4 is 38.9 Å². The molecule has 0 saturated carbocycles. The Labute approximate surface area is 308 Å².